The Labute approximate surface area is 126 Å². The molecule has 0 aromatic heterocycles. The van der Waals surface area contributed by atoms with E-state index in [1.54, 1.807) is 0 Å². The van der Waals surface area contributed by atoms with Gasteiger partial charge in [0.1, 0.15) is 11.6 Å². The van der Waals surface area contributed by atoms with E-state index in [1.165, 1.54) is 18.2 Å². The highest BCUT2D eigenvalue weighted by atomic mass is 79.9. The summed E-state index contributed by atoms with van der Waals surface area (Å²) in [5, 5.41) is 2.78. The molecule has 20 heavy (non-hydrogen) atoms. The van der Waals surface area contributed by atoms with Crippen LogP contribution in [0, 0.1) is 17.6 Å². The molecule has 1 aliphatic rings. The molecule has 0 saturated heterocycles. The van der Waals surface area contributed by atoms with Gasteiger partial charge in [0.2, 0.25) is 5.91 Å². The summed E-state index contributed by atoms with van der Waals surface area (Å²) >= 11 is 3.59. The number of carbonyl (C=O) groups excluding carboxylic acids is 1. The van der Waals surface area contributed by atoms with E-state index in [9.17, 15) is 13.6 Å². The maximum Gasteiger partial charge on any atom is 0.224 e. The number of hydrogen-bond donors (Lipinski definition) is 1. The second-order valence-electron chi connectivity index (χ2n) is 5.30. The van der Waals surface area contributed by atoms with E-state index < -0.39 is 11.6 Å². The molecule has 0 heterocycles. The minimum absolute atomic E-state index is 0.158. The molecule has 2 nitrogen and oxygen atoms in total. The van der Waals surface area contributed by atoms with Crippen molar-refractivity contribution in [1.82, 2.24) is 5.32 Å². The molecule has 0 aliphatic heterocycles. The van der Waals surface area contributed by atoms with Gasteiger partial charge in [-0.25, -0.2) is 8.78 Å². The third-order valence-electron chi connectivity index (χ3n) is 3.76. The average Bonchev–Trinajstić information content (AvgIpc) is 2.42. The zero-order chi connectivity index (χ0) is 14.5. The molecular weight excluding hydrogens is 328 g/mol. The van der Waals surface area contributed by atoms with Crippen LogP contribution in [0.1, 0.15) is 31.2 Å². The smallest absolute Gasteiger partial charge is 0.224 e. The molecule has 110 valence electrons. The van der Waals surface area contributed by atoms with Crippen molar-refractivity contribution in [3.8, 4) is 0 Å². The van der Waals surface area contributed by atoms with Crippen molar-refractivity contribution in [1.29, 1.82) is 0 Å². The number of hydrogen-bond acceptors (Lipinski definition) is 1. The molecule has 1 aromatic rings. The summed E-state index contributed by atoms with van der Waals surface area (Å²) in [7, 11) is 0. The fourth-order valence-electron chi connectivity index (χ4n) is 2.51. The molecule has 0 bridgehead atoms. The number of halogens is 3. The fourth-order valence-corrected chi connectivity index (χ4v) is 3.04. The van der Waals surface area contributed by atoms with Crippen LogP contribution in [0.3, 0.4) is 0 Å². The van der Waals surface area contributed by atoms with Gasteiger partial charge in [-0.3, -0.25) is 4.79 Å². The Hall–Kier alpha value is -0.970. The molecule has 1 aromatic carbocycles. The van der Waals surface area contributed by atoms with Crippen molar-refractivity contribution >= 4 is 21.8 Å². The van der Waals surface area contributed by atoms with Crippen molar-refractivity contribution in [3.63, 3.8) is 0 Å². The highest BCUT2D eigenvalue weighted by Crippen LogP contribution is 2.28. The fraction of sp³-hybridized carbons (Fsp3) is 0.533. The zero-order valence-corrected chi connectivity index (χ0v) is 12.8. The summed E-state index contributed by atoms with van der Waals surface area (Å²) in [5.74, 6) is -1.19. The number of nitrogens with one attached hydrogen (secondary N) is 1. The molecule has 0 spiro atoms. The molecule has 1 aliphatic carbocycles. The van der Waals surface area contributed by atoms with E-state index in [0.29, 0.717) is 17.3 Å². The molecule has 2 rings (SSSR count). The highest BCUT2D eigenvalue weighted by molar-refractivity contribution is 9.09. The van der Waals surface area contributed by atoms with Gasteiger partial charge in [-0.05, 0) is 43.7 Å². The van der Waals surface area contributed by atoms with Gasteiger partial charge >= 0.3 is 0 Å². The summed E-state index contributed by atoms with van der Waals surface area (Å²) < 4.78 is 26.8. The minimum Gasteiger partial charge on any atom is -0.356 e. The van der Waals surface area contributed by atoms with E-state index in [0.717, 1.165) is 25.7 Å². The van der Waals surface area contributed by atoms with Gasteiger partial charge in [-0.15, -0.1) is 0 Å². The number of amides is 1. The Balaban J connectivity index is 1.81. The van der Waals surface area contributed by atoms with Gasteiger partial charge in [0.15, 0.2) is 0 Å². The Kier molecular flexibility index (Phi) is 5.52. The first-order valence-corrected chi connectivity index (χ1v) is 7.81. The van der Waals surface area contributed by atoms with Gasteiger partial charge < -0.3 is 5.32 Å². The second kappa shape index (κ2) is 7.16. The highest BCUT2D eigenvalue weighted by Gasteiger charge is 2.20. The van der Waals surface area contributed by atoms with Crippen LogP contribution in [0.15, 0.2) is 18.2 Å². The average molecular weight is 346 g/mol. The van der Waals surface area contributed by atoms with Gasteiger partial charge in [0.05, 0.1) is 6.42 Å². The summed E-state index contributed by atoms with van der Waals surface area (Å²) in [5.41, 5.74) is -0.158. The lowest BCUT2D eigenvalue weighted by Gasteiger charge is -2.25. The van der Waals surface area contributed by atoms with E-state index in [1.807, 2.05) is 0 Å². The van der Waals surface area contributed by atoms with Crippen LogP contribution in [0.25, 0.3) is 0 Å². The van der Waals surface area contributed by atoms with E-state index in [4.69, 9.17) is 0 Å². The van der Waals surface area contributed by atoms with Gasteiger partial charge in [-0.2, -0.15) is 0 Å². The van der Waals surface area contributed by atoms with Gasteiger partial charge in [-0.1, -0.05) is 22.0 Å². The molecule has 1 saturated carbocycles. The van der Waals surface area contributed by atoms with E-state index >= 15 is 0 Å². The maximum atomic E-state index is 13.4. The van der Waals surface area contributed by atoms with Crippen LogP contribution in [0.5, 0.6) is 0 Å². The Morgan fingerprint density at radius 1 is 1.20 bits per heavy atom. The number of alkyl halides is 1. The molecule has 1 N–H and O–H groups in total. The largest absolute Gasteiger partial charge is 0.356 e. The van der Waals surface area contributed by atoms with Crippen LogP contribution in [-0.2, 0) is 11.2 Å². The maximum absolute atomic E-state index is 13.4. The quantitative estimate of drug-likeness (QED) is 0.830. The Morgan fingerprint density at radius 3 is 2.40 bits per heavy atom. The topological polar surface area (TPSA) is 29.1 Å². The Bertz CT molecular complexity index is 453. The normalized spacial score (nSPS) is 22.6. The van der Waals surface area contributed by atoms with E-state index in [-0.39, 0.29) is 17.9 Å². The summed E-state index contributed by atoms with van der Waals surface area (Å²) in [6.07, 6.45) is 4.13. The SMILES string of the molecule is O=C(Cc1c(F)cccc1F)NCC1CCC(Br)CC1. The predicted molar refractivity (Wildman–Crippen MR) is 77.7 cm³/mol. The van der Waals surface area contributed by atoms with Crippen LogP contribution < -0.4 is 5.32 Å². The van der Waals surface area contributed by atoms with Gasteiger partial charge in [0, 0.05) is 16.9 Å². The van der Waals surface area contributed by atoms with Crippen molar-refractivity contribution in [2.75, 3.05) is 6.54 Å². The third kappa shape index (κ3) is 4.27. The molecular formula is C15H18BrF2NO. The lowest BCUT2D eigenvalue weighted by Crippen LogP contribution is -2.32. The molecule has 0 atom stereocenters. The first-order valence-electron chi connectivity index (χ1n) is 6.90. The summed E-state index contributed by atoms with van der Waals surface area (Å²) in [6, 6.07) is 3.64. The molecule has 0 radical (unpaired) electrons. The zero-order valence-electron chi connectivity index (χ0n) is 11.2. The minimum atomic E-state index is -0.667. The third-order valence-corrected chi connectivity index (χ3v) is 4.68. The van der Waals surface area contributed by atoms with Gasteiger partial charge in [0.25, 0.3) is 0 Å². The van der Waals surface area contributed by atoms with Crippen molar-refractivity contribution in [3.05, 3.63) is 35.4 Å². The molecule has 5 heteroatoms. The number of benzene rings is 1. The van der Waals surface area contributed by atoms with E-state index in [2.05, 4.69) is 21.2 Å². The molecule has 1 amide bonds. The van der Waals surface area contributed by atoms with Crippen LogP contribution >= 0.6 is 15.9 Å². The summed E-state index contributed by atoms with van der Waals surface area (Å²) in [6.45, 7) is 0.592. The Morgan fingerprint density at radius 2 is 1.80 bits per heavy atom. The number of carbonyl (C=O) groups is 1. The monoisotopic (exact) mass is 345 g/mol. The van der Waals surface area contributed by atoms with Crippen LogP contribution in [0.4, 0.5) is 8.78 Å². The standard InChI is InChI=1S/C15H18BrF2NO/c16-11-6-4-10(5-7-11)9-19-15(20)8-12-13(17)2-1-3-14(12)18/h1-3,10-11H,4-9H2,(H,19,20). The van der Waals surface area contributed by atoms with Crippen LogP contribution in [-0.4, -0.2) is 17.3 Å². The predicted octanol–water partition coefficient (Wildman–Crippen LogP) is 3.58. The molecule has 0 unspecified atom stereocenters. The lowest BCUT2D eigenvalue weighted by molar-refractivity contribution is -0.120. The second-order valence-corrected chi connectivity index (χ2v) is 6.59. The number of rotatable bonds is 4. The van der Waals surface area contributed by atoms with Crippen molar-refractivity contribution < 1.29 is 13.6 Å². The van der Waals surface area contributed by atoms with Crippen LogP contribution in [0.2, 0.25) is 0 Å². The summed E-state index contributed by atoms with van der Waals surface area (Å²) in [4.78, 5) is 12.4. The first-order chi connectivity index (χ1) is 9.56. The lowest BCUT2D eigenvalue weighted by atomic mass is 9.89. The first kappa shape index (κ1) is 15.4. The van der Waals surface area contributed by atoms with Crippen molar-refractivity contribution in [2.45, 2.75) is 36.9 Å². The van der Waals surface area contributed by atoms with Crippen molar-refractivity contribution in [2.24, 2.45) is 5.92 Å². The molecule has 1 fully saturated rings.